The maximum atomic E-state index is 5.35. The van der Waals surface area contributed by atoms with Crippen LogP contribution in [0.5, 0.6) is 0 Å². The molecule has 0 amide bonds. The molecule has 3 nitrogen and oxygen atoms in total. The van der Waals surface area contributed by atoms with Gasteiger partial charge < -0.3 is 15.5 Å². The fourth-order valence-electron chi connectivity index (χ4n) is 3.14. The third-order valence-electron chi connectivity index (χ3n) is 4.54. The van der Waals surface area contributed by atoms with Gasteiger partial charge in [0, 0.05) is 31.5 Å². The van der Waals surface area contributed by atoms with Gasteiger partial charge in [-0.1, -0.05) is 54.6 Å². The van der Waals surface area contributed by atoms with Gasteiger partial charge in [-0.3, -0.25) is 0 Å². The van der Waals surface area contributed by atoms with E-state index in [0.717, 1.165) is 19.6 Å². The number of likely N-dealkylation sites (tertiary alicyclic amines) is 1. The van der Waals surface area contributed by atoms with E-state index >= 15 is 0 Å². The van der Waals surface area contributed by atoms with Crippen LogP contribution in [0.15, 0.2) is 54.6 Å². The lowest BCUT2D eigenvalue weighted by molar-refractivity contribution is -0.901. The number of quaternary nitrogens is 1. The molecule has 0 radical (unpaired) electrons. The van der Waals surface area contributed by atoms with E-state index in [1.807, 2.05) is 18.2 Å². The van der Waals surface area contributed by atoms with E-state index in [0.29, 0.717) is 5.11 Å². The number of hydrogen-bond donors (Lipinski definition) is 3. The largest absolute Gasteiger partial charge is 0.359 e. The standard InChI is InChI=1S/C20H25N3S/c24-20(21-14-17-6-2-1-3-7-17)22-15-18-8-10-19(11-9-18)16-23-12-4-5-13-23/h1-3,6-11H,4-5,12-16H2,(H2,21,22,24)/p+1. The van der Waals surface area contributed by atoms with Crippen molar-refractivity contribution in [1.29, 1.82) is 0 Å². The summed E-state index contributed by atoms with van der Waals surface area (Å²) in [5, 5.41) is 7.22. The van der Waals surface area contributed by atoms with Crippen molar-refractivity contribution in [2.75, 3.05) is 13.1 Å². The summed E-state index contributed by atoms with van der Waals surface area (Å²) in [6.07, 6.45) is 2.76. The Kier molecular flexibility index (Phi) is 6.21. The maximum Gasteiger partial charge on any atom is 0.166 e. The average Bonchev–Trinajstić information content (AvgIpc) is 3.13. The molecule has 0 saturated carbocycles. The van der Waals surface area contributed by atoms with Gasteiger partial charge in [0.2, 0.25) is 0 Å². The molecule has 1 saturated heterocycles. The second kappa shape index (κ2) is 8.81. The first-order valence-electron chi connectivity index (χ1n) is 8.76. The number of nitrogens with one attached hydrogen (secondary N) is 3. The lowest BCUT2D eigenvalue weighted by Crippen LogP contribution is -3.08. The second-order valence-electron chi connectivity index (χ2n) is 6.47. The van der Waals surface area contributed by atoms with E-state index in [1.54, 1.807) is 4.90 Å². The molecule has 0 aliphatic carbocycles. The van der Waals surface area contributed by atoms with Gasteiger partial charge in [0.15, 0.2) is 5.11 Å². The minimum atomic E-state index is 0.699. The molecule has 0 spiro atoms. The molecule has 3 rings (SSSR count). The van der Waals surface area contributed by atoms with E-state index in [1.165, 1.54) is 42.6 Å². The topological polar surface area (TPSA) is 28.5 Å². The zero-order chi connectivity index (χ0) is 16.6. The third-order valence-corrected chi connectivity index (χ3v) is 4.83. The maximum absolute atomic E-state index is 5.35. The number of thiocarbonyl (C=S) groups is 1. The molecule has 1 aliphatic rings. The van der Waals surface area contributed by atoms with E-state index in [9.17, 15) is 0 Å². The van der Waals surface area contributed by atoms with Crippen LogP contribution < -0.4 is 15.5 Å². The Balaban J connectivity index is 1.40. The monoisotopic (exact) mass is 340 g/mol. The molecule has 0 bridgehead atoms. The predicted molar refractivity (Wildman–Crippen MR) is 103 cm³/mol. The predicted octanol–water partition coefficient (Wildman–Crippen LogP) is 2.03. The van der Waals surface area contributed by atoms with Crippen LogP contribution in [0.25, 0.3) is 0 Å². The molecule has 2 aromatic rings. The summed E-state index contributed by atoms with van der Waals surface area (Å²) in [6.45, 7) is 5.32. The number of benzene rings is 2. The Hall–Kier alpha value is -1.91. The van der Waals surface area contributed by atoms with Crippen LogP contribution in [-0.4, -0.2) is 18.2 Å². The van der Waals surface area contributed by atoms with E-state index in [-0.39, 0.29) is 0 Å². The highest BCUT2D eigenvalue weighted by atomic mass is 32.1. The average molecular weight is 341 g/mol. The van der Waals surface area contributed by atoms with Gasteiger partial charge in [-0.2, -0.15) is 0 Å². The van der Waals surface area contributed by atoms with Crippen LogP contribution in [0.1, 0.15) is 29.5 Å². The van der Waals surface area contributed by atoms with Crippen LogP contribution in [0.3, 0.4) is 0 Å². The molecular weight excluding hydrogens is 314 g/mol. The van der Waals surface area contributed by atoms with Crippen molar-refractivity contribution < 1.29 is 4.90 Å². The van der Waals surface area contributed by atoms with Crippen molar-refractivity contribution >= 4 is 17.3 Å². The molecule has 1 aliphatic heterocycles. The van der Waals surface area contributed by atoms with E-state index in [2.05, 4.69) is 47.0 Å². The van der Waals surface area contributed by atoms with Gasteiger partial charge in [-0.05, 0) is 23.3 Å². The minimum absolute atomic E-state index is 0.699. The lowest BCUT2D eigenvalue weighted by atomic mass is 10.1. The quantitative estimate of drug-likeness (QED) is 0.703. The van der Waals surface area contributed by atoms with Crippen LogP contribution >= 0.6 is 12.2 Å². The fourth-order valence-corrected chi connectivity index (χ4v) is 3.28. The summed E-state index contributed by atoms with van der Waals surface area (Å²) in [5.41, 5.74) is 3.93. The van der Waals surface area contributed by atoms with E-state index < -0.39 is 0 Å². The highest BCUT2D eigenvalue weighted by Crippen LogP contribution is 2.04. The summed E-state index contributed by atoms with van der Waals surface area (Å²) in [7, 11) is 0. The zero-order valence-corrected chi connectivity index (χ0v) is 14.9. The first-order valence-corrected chi connectivity index (χ1v) is 9.17. The van der Waals surface area contributed by atoms with Crippen LogP contribution in [-0.2, 0) is 19.6 Å². The summed E-state index contributed by atoms with van der Waals surface area (Å²) in [6, 6.07) is 19.2. The molecule has 4 heteroatoms. The van der Waals surface area contributed by atoms with Crippen LogP contribution in [0, 0.1) is 0 Å². The Morgan fingerprint density at radius 2 is 1.33 bits per heavy atom. The van der Waals surface area contributed by atoms with Crippen molar-refractivity contribution in [3.05, 3.63) is 71.3 Å². The first-order chi connectivity index (χ1) is 11.8. The van der Waals surface area contributed by atoms with Crippen molar-refractivity contribution in [3.63, 3.8) is 0 Å². The van der Waals surface area contributed by atoms with E-state index in [4.69, 9.17) is 12.2 Å². The van der Waals surface area contributed by atoms with Crippen molar-refractivity contribution in [3.8, 4) is 0 Å². The third kappa shape index (κ3) is 5.32. The summed E-state index contributed by atoms with van der Waals surface area (Å²) >= 11 is 5.35. The van der Waals surface area contributed by atoms with Gasteiger partial charge in [-0.25, -0.2) is 0 Å². The van der Waals surface area contributed by atoms with Gasteiger partial charge >= 0.3 is 0 Å². The highest BCUT2D eigenvalue weighted by molar-refractivity contribution is 7.80. The molecular formula is C20H26N3S+. The SMILES string of the molecule is S=C(NCc1ccccc1)NCc1ccc(C[NH+]2CCCC2)cc1. The van der Waals surface area contributed by atoms with Crippen molar-refractivity contribution in [2.24, 2.45) is 0 Å². The highest BCUT2D eigenvalue weighted by Gasteiger charge is 2.15. The van der Waals surface area contributed by atoms with Gasteiger partial charge in [0.05, 0.1) is 13.1 Å². The normalized spacial score (nSPS) is 14.5. The molecule has 1 fully saturated rings. The number of rotatable bonds is 6. The van der Waals surface area contributed by atoms with Gasteiger partial charge in [-0.15, -0.1) is 0 Å². The summed E-state index contributed by atoms with van der Waals surface area (Å²) in [4.78, 5) is 1.71. The van der Waals surface area contributed by atoms with Crippen molar-refractivity contribution in [2.45, 2.75) is 32.5 Å². The zero-order valence-electron chi connectivity index (χ0n) is 14.1. The van der Waals surface area contributed by atoms with Crippen molar-refractivity contribution in [1.82, 2.24) is 10.6 Å². The molecule has 2 aromatic carbocycles. The molecule has 3 N–H and O–H groups in total. The smallest absolute Gasteiger partial charge is 0.166 e. The second-order valence-corrected chi connectivity index (χ2v) is 6.88. The Morgan fingerprint density at radius 1 is 0.792 bits per heavy atom. The minimum Gasteiger partial charge on any atom is -0.359 e. The Bertz CT molecular complexity index is 634. The van der Waals surface area contributed by atoms with Crippen LogP contribution in [0.2, 0.25) is 0 Å². The fraction of sp³-hybridized carbons (Fsp3) is 0.350. The Morgan fingerprint density at radius 3 is 1.96 bits per heavy atom. The first kappa shape index (κ1) is 16.9. The molecule has 126 valence electrons. The van der Waals surface area contributed by atoms with Crippen LogP contribution in [0.4, 0.5) is 0 Å². The summed E-state index contributed by atoms with van der Waals surface area (Å²) in [5.74, 6) is 0. The molecule has 1 heterocycles. The molecule has 0 aromatic heterocycles. The number of hydrogen-bond acceptors (Lipinski definition) is 1. The Labute approximate surface area is 150 Å². The van der Waals surface area contributed by atoms with Gasteiger partial charge in [0.1, 0.15) is 6.54 Å². The molecule has 0 atom stereocenters. The lowest BCUT2D eigenvalue weighted by Gasteiger charge is -2.13. The molecule has 0 unspecified atom stereocenters. The molecule has 24 heavy (non-hydrogen) atoms. The summed E-state index contributed by atoms with van der Waals surface area (Å²) < 4.78 is 0. The van der Waals surface area contributed by atoms with Gasteiger partial charge in [0.25, 0.3) is 0 Å².